The molecule has 0 saturated carbocycles. The van der Waals surface area contributed by atoms with Crippen LogP contribution in [0.3, 0.4) is 0 Å². The van der Waals surface area contributed by atoms with Gasteiger partial charge in [0.25, 0.3) is 0 Å². The zero-order valence-corrected chi connectivity index (χ0v) is 10.9. The second kappa shape index (κ2) is 9.10. The highest BCUT2D eigenvalue weighted by Gasteiger charge is 1.94. The summed E-state index contributed by atoms with van der Waals surface area (Å²) in [6.07, 6.45) is 4.27. The van der Waals surface area contributed by atoms with Crippen LogP contribution in [0.15, 0.2) is 24.4 Å². The Kier molecular flexibility index (Phi) is 7.84. The van der Waals surface area contributed by atoms with Gasteiger partial charge in [-0.05, 0) is 36.5 Å². The van der Waals surface area contributed by atoms with E-state index in [-0.39, 0.29) is 0 Å². The minimum atomic E-state index is 1.10. The van der Waals surface area contributed by atoms with Crippen LogP contribution in [0.5, 0.6) is 0 Å². The third-order valence-electron chi connectivity index (χ3n) is 1.95. The molecule has 1 aromatic rings. The predicted octanol–water partition coefficient (Wildman–Crippen LogP) is 3.50. The monoisotopic (exact) mass is 241 g/mol. The van der Waals surface area contributed by atoms with Gasteiger partial charge in [-0.3, -0.25) is 4.98 Å². The molecule has 84 valence electrons. The molecule has 0 N–H and O–H groups in total. The topological polar surface area (TPSA) is 12.9 Å². The molecule has 0 atom stereocenters. The van der Waals surface area contributed by atoms with Crippen LogP contribution in [0, 0.1) is 0 Å². The number of hydrogen-bond donors (Lipinski definition) is 0. The van der Waals surface area contributed by atoms with Gasteiger partial charge in [-0.1, -0.05) is 13.0 Å². The van der Waals surface area contributed by atoms with Crippen molar-refractivity contribution in [2.45, 2.75) is 19.8 Å². The van der Waals surface area contributed by atoms with Gasteiger partial charge >= 0.3 is 0 Å². The standard InChI is InChI=1S/C12H19NS2/c1-2-8-14-10-11-15-9-6-12-5-3-4-7-13-12/h3-5,7H,2,6,8-11H2,1H3. The molecule has 0 aliphatic heterocycles. The quantitative estimate of drug-likeness (QED) is 0.647. The lowest BCUT2D eigenvalue weighted by Crippen LogP contribution is -1.94. The van der Waals surface area contributed by atoms with Crippen molar-refractivity contribution in [2.75, 3.05) is 23.0 Å². The van der Waals surface area contributed by atoms with Crippen LogP contribution in [-0.4, -0.2) is 28.0 Å². The average Bonchev–Trinajstić information content (AvgIpc) is 2.29. The molecule has 0 aliphatic rings. The Morgan fingerprint density at radius 1 is 1.07 bits per heavy atom. The second-order valence-electron chi connectivity index (χ2n) is 3.30. The van der Waals surface area contributed by atoms with E-state index in [0.29, 0.717) is 0 Å². The summed E-state index contributed by atoms with van der Waals surface area (Å²) in [5.74, 6) is 5.07. The van der Waals surface area contributed by atoms with Gasteiger partial charge in [0.2, 0.25) is 0 Å². The fourth-order valence-corrected chi connectivity index (χ4v) is 3.18. The normalized spacial score (nSPS) is 10.5. The maximum Gasteiger partial charge on any atom is 0.0411 e. The summed E-state index contributed by atoms with van der Waals surface area (Å²) >= 11 is 4.10. The Hall–Kier alpha value is -0.150. The van der Waals surface area contributed by atoms with Crippen molar-refractivity contribution in [3.8, 4) is 0 Å². The predicted molar refractivity (Wildman–Crippen MR) is 72.9 cm³/mol. The molecule has 1 aromatic heterocycles. The minimum absolute atomic E-state index is 1.10. The van der Waals surface area contributed by atoms with E-state index in [0.717, 1.165) is 6.42 Å². The molecule has 0 fully saturated rings. The van der Waals surface area contributed by atoms with E-state index in [9.17, 15) is 0 Å². The van der Waals surface area contributed by atoms with E-state index < -0.39 is 0 Å². The van der Waals surface area contributed by atoms with Crippen LogP contribution >= 0.6 is 23.5 Å². The first-order chi connectivity index (χ1) is 7.43. The van der Waals surface area contributed by atoms with Gasteiger partial charge in [-0.25, -0.2) is 0 Å². The molecule has 15 heavy (non-hydrogen) atoms. The largest absolute Gasteiger partial charge is 0.261 e. The highest BCUT2D eigenvalue weighted by atomic mass is 32.2. The van der Waals surface area contributed by atoms with E-state index >= 15 is 0 Å². The molecule has 0 radical (unpaired) electrons. The van der Waals surface area contributed by atoms with Crippen LogP contribution in [0.2, 0.25) is 0 Å². The fourth-order valence-electron chi connectivity index (χ4n) is 1.19. The first-order valence-electron chi connectivity index (χ1n) is 5.49. The molecule has 0 spiro atoms. The van der Waals surface area contributed by atoms with E-state index in [1.54, 1.807) is 0 Å². The van der Waals surface area contributed by atoms with E-state index in [1.165, 1.54) is 35.1 Å². The Morgan fingerprint density at radius 3 is 2.53 bits per heavy atom. The van der Waals surface area contributed by atoms with Crippen molar-refractivity contribution in [2.24, 2.45) is 0 Å². The molecule has 3 heteroatoms. The maximum atomic E-state index is 4.31. The summed E-state index contributed by atoms with van der Waals surface area (Å²) in [5, 5.41) is 0. The molecule has 0 saturated heterocycles. The van der Waals surface area contributed by atoms with Crippen LogP contribution in [0.4, 0.5) is 0 Å². The van der Waals surface area contributed by atoms with Crippen molar-refractivity contribution in [1.29, 1.82) is 0 Å². The lowest BCUT2D eigenvalue weighted by atomic mass is 10.3. The molecule has 0 aromatic carbocycles. The highest BCUT2D eigenvalue weighted by Crippen LogP contribution is 2.09. The molecular weight excluding hydrogens is 222 g/mol. The number of aromatic nitrogens is 1. The van der Waals surface area contributed by atoms with Crippen molar-refractivity contribution in [1.82, 2.24) is 4.98 Å². The first kappa shape index (κ1) is 12.9. The van der Waals surface area contributed by atoms with Crippen LogP contribution in [-0.2, 0) is 6.42 Å². The maximum absolute atomic E-state index is 4.31. The molecule has 0 amide bonds. The minimum Gasteiger partial charge on any atom is -0.261 e. The number of pyridine rings is 1. The number of thioether (sulfide) groups is 2. The van der Waals surface area contributed by atoms with E-state index in [4.69, 9.17) is 0 Å². The summed E-state index contributed by atoms with van der Waals surface area (Å²) in [6.45, 7) is 2.24. The molecule has 1 heterocycles. The molecular formula is C12H19NS2. The van der Waals surface area contributed by atoms with Gasteiger partial charge in [-0.15, -0.1) is 0 Å². The van der Waals surface area contributed by atoms with Crippen molar-refractivity contribution in [3.05, 3.63) is 30.1 Å². The number of nitrogens with zero attached hydrogens (tertiary/aromatic N) is 1. The van der Waals surface area contributed by atoms with E-state index in [2.05, 4.69) is 35.8 Å². The van der Waals surface area contributed by atoms with Crippen LogP contribution in [0.1, 0.15) is 19.0 Å². The van der Waals surface area contributed by atoms with Crippen molar-refractivity contribution < 1.29 is 0 Å². The Balaban J connectivity index is 1.93. The Morgan fingerprint density at radius 2 is 1.87 bits per heavy atom. The number of aryl methyl sites for hydroxylation is 1. The third kappa shape index (κ3) is 6.85. The average molecular weight is 241 g/mol. The van der Waals surface area contributed by atoms with Crippen molar-refractivity contribution >= 4 is 23.5 Å². The van der Waals surface area contributed by atoms with Crippen LogP contribution in [0.25, 0.3) is 0 Å². The first-order valence-corrected chi connectivity index (χ1v) is 7.80. The molecule has 0 bridgehead atoms. The summed E-state index contributed by atoms with van der Waals surface area (Å²) in [6, 6.07) is 6.13. The fraction of sp³-hybridized carbons (Fsp3) is 0.583. The summed E-state index contributed by atoms with van der Waals surface area (Å²) in [4.78, 5) is 4.31. The zero-order chi connectivity index (χ0) is 10.8. The van der Waals surface area contributed by atoms with Gasteiger partial charge in [0.15, 0.2) is 0 Å². The molecule has 0 unspecified atom stereocenters. The van der Waals surface area contributed by atoms with Gasteiger partial charge in [0, 0.05) is 23.4 Å². The zero-order valence-electron chi connectivity index (χ0n) is 9.32. The summed E-state index contributed by atoms with van der Waals surface area (Å²) in [5.41, 5.74) is 1.21. The SMILES string of the molecule is CCCSCCSCCc1ccccn1. The van der Waals surface area contributed by atoms with E-state index in [1.807, 2.05) is 24.0 Å². The van der Waals surface area contributed by atoms with Gasteiger partial charge < -0.3 is 0 Å². The van der Waals surface area contributed by atoms with Gasteiger partial charge in [-0.2, -0.15) is 23.5 Å². The number of hydrogen-bond acceptors (Lipinski definition) is 3. The Bertz CT molecular complexity index is 239. The molecule has 1 nitrogen and oxygen atoms in total. The summed E-state index contributed by atoms with van der Waals surface area (Å²) < 4.78 is 0. The summed E-state index contributed by atoms with van der Waals surface area (Å²) in [7, 11) is 0. The molecule has 1 rings (SSSR count). The lowest BCUT2D eigenvalue weighted by Gasteiger charge is -2.01. The number of rotatable bonds is 8. The van der Waals surface area contributed by atoms with Gasteiger partial charge in [0.1, 0.15) is 0 Å². The third-order valence-corrected chi connectivity index (χ3v) is 4.38. The lowest BCUT2D eigenvalue weighted by molar-refractivity contribution is 1.05. The highest BCUT2D eigenvalue weighted by molar-refractivity contribution is 8.02. The molecule has 0 aliphatic carbocycles. The Labute approximate surface area is 101 Å². The second-order valence-corrected chi connectivity index (χ2v) is 5.75. The van der Waals surface area contributed by atoms with Crippen LogP contribution < -0.4 is 0 Å². The van der Waals surface area contributed by atoms with Gasteiger partial charge in [0.05, 0.1) is 0 Å². The van der Waals surface area contributed by atoms with Crippen molar-refractivity contribution in [3.63, 3.8) is 0 Å². The smallest absolute Gasteiger partial charge is 0.0411 e.